The van der Waals surface area contributed by atoms with Gasteiger partial charge in [0.05, 0.1) is 28.6 Å². The SMILES string of the molecule is COc1cc(/C=N/NC(=O)CSc2ccccn2)cc(Br)c1O. The Labute approximate surface area is 146 Å². The number of methoxy groups -OCH3 is 1. The number of carbonyl (C=O) groups excluding carboxylic acids is 1. The van der Waals surface area contributed by atoms with Gasteiger partial charge in [0.2, 0.25) is 5.91 Å². The fourth-order valence-electron chi connectivity index (χ4n) is 1.61. The maximum Gasteiger partial charge on any atom is 0.250 e. The average Bonchev–Trinajstić information content (AvgIpc) is 2.57. The van der Waals surface area contributed by atoms with E-state index in [1.54, 1.807) is 18.3 Å². The van der Waals surface area contributed by atoms with Gasteiger partial charge in [0.1, 0.15) is 0 Å². The Morgan fingerprint density at radius 1 is 1.52 bits per heavy atom. The molecule has 0 saturated heterocycles. The number of aromatic nitrogens is 1. The van der Waals surface area contributed by atoms with Gasteiger partial charge in [-0.15, -0.1) is 0 Å². The molecule has 0 aliphatic heterocycles. The Kier molecular flexibility index (Phi) is 6.42. The van der Waals surface area contributed by atoms with E-state index in [-0.39, 0.29) is 17.4 Å². The molecule has 0 radical (unpaired) electrons. The molecular weight excluding hydrogens is 382 g/mol. The summed E-state index contributed by atoms with van der Waals surface area (Å²) in [4.78, 5) is 15.8. The molecule has 2 N–H and O–H groups in total. The van der Waals surface area contributed by atoms with Crippen LogP contribution in [-0.4, -0.2) is 35.1 Å². The van der Waals surface area contributed by atoms with Gasteiger partial charge in [-0.1, -0.05) is 17.8 Å². The number of carbonyl (C=O) groups is 1. The number of aromatic hydroxyl groups is 1. The van der Waals surface area contributed by atoms with Crippen LogP contribution in [0.15, 0.2) is 51.1 Å². The van der Waals surface area contributed by atoms with Gasteiger partial charge in [-0.3, -0.25) is 4.79 Å². The molecule has 0 atom stereocenters. The second kappa shape index (κ2) is 8.54. The van der Waals surface area contributed by atoms with Gasteiger partial charge in [0, 0.05) is 6.20 Å². The lowest BCUT2D eigenvalue weighted by Gasteiger charge is -2.06. The molecule has 0 unspecified atom stereocenters. The van der Waals surface area contributed by atoms with Crippen molar-refractivity contribution in [2.75, 3.05) is 12.9 Å². The second-order valence-electron chi connectivity index (χ2n) is 4.30. The number of rotatable bonds is 6. The van der Waals surface area contributed by atoms with Gasteiger partial charge in [0.25, 0.3) is 0 Å². The van der Waals surface area contributed by atoms with Gasteiger partial charge in [-0.2, -0.15) is 5.10 Å². The van der Waals surface area contributed by atoms with Crippen molar-refractivity contribution in [3.05, 3.63) is 46.6 Å². The molecule has 1 amide bonds. The molecule has 2 aromatic rings. The van der Waals surface area contributed by atoms with Gasteiger partial charge < -0.3 is 9.84 Å². The lowest BCUT2D eigenvalue weighted by Crippen LogP contribution is -2.19. The van der Waals surface area contributed by atoms with Crippen LogP contribution in [0.1, 0.15) is 5.56 Å². The molecule has 1 aromatic heterocycles. The number of thioether (sulfide) groups is 1. The molecule has 0 aliphatic carbocycles. The third-order valence-electron chi connectivity index (χ3n) is 2.66. The minimum absolute atomic E-state index is 0.0143. The first kappa shape index (κ1) is 17.3. The van der Waals surface area contributed by atoms with Gasteiger partial charge >= 0.3 is 0 Å². The molecule has 8 heteroatoms. The van der Waals surface area contributed by atoms with E-state index in [1.807, 2.05) is 18.2 Å². The Balaban J connectivity index is 1.89. The van der Waals surface area contributed by atoms with E-state index < -0.39 is 0 Å². The molecule has 0 saturated carbocycles. The van der Waals surface area contributed by atoms with Crippen LogP contribution in [0.3, 0.4) is 0 Å². The van der Waals surface area contributed by atoms with E-state index in [9.17, 15) is 9.90 Å². The van der Waals surface area contributed by atoms with E-state index in [2.05, 4.69) is 31.4 Å². The Morgan fingerprint density at radius 3 is 3.04 bits per heavy atom. The van der Waals surface area contributed by atoms with Gasteiger partial charge in [-0.05, 0) is 45.8 Å². The highest BCUT2D eigenvalue weighted by Crippen LogP contribution is 2.34. The zero-order chi connectivity index (χ0) is 16.7. The lowest BCUT2D eigenvalue weighted by atomic mass is 10.2. The van der Waals surface area contributed by atoms with Crippen LogP contribution in [0, 0.1) is 0 Å². The van der Waals surface area contributed by atoms with Crippen LogP contribution >= 0.6 is 27.7 Å². The van der Waals surface area contributed by atoms with Crippen molar-refractivity contribution in [1.29, 1.82) is 0 Å². The topological polar surface area (TPSA) is 83.8 Å². The molecule has 6 nitrogen and oxygen atoms in total. The van der Waals surface area contributed by atoms with E-state index in [0.717, 1.165) is 5.03 Å². The van der Waals surface area contributed by atoms with Crippen molar-refractivity contribution in [3.8, 4) is 11.5 Å². The summed E-state index contributed by atoms with van der Waals surface area (Å²) in [6, 6.07) is 8.79. The molecule has 1 heterocycles. The number of hydrogen-bond acceptors (Lipinski definition) is 6. The normalized spacial score (nSPS) is 10.7. The highest BCUT2D eigenvalue weighted by molar-refractivity contribution is 9.10. The summed E-state index contributed by atoms with van der Waals surface area (Å²) in [5.41, 5.74) is 3.11. The number of phenolic OH excluding ortho intramolecular Hbond substituents is 1. The molecule has 0 aliphatic rings. The first-order valence-electron chi connectivity index (χ1n) is 6.52. The summed E-state index contributed by atoms with van der Waals surface area (Å²) in [5.74, 6) is 0.316. The van der Waals surface area contributed by atoms with E-state index in [0.29, 0.717) is 15.8 Å². The molecular formula is C15H14BrN3O3S. The Bertz CT molecular complexity index is 711. The van der Waals surface area contributed by atoms with E-state index in [1.165, 1.54) is 25.1 Å². The summed E-state index contributed by atoms with van der Waals surface area (Å²) in [5, 5.41) is 14.4. The number of nitrogens with one attached hydrogen (secondary N) is 1. The van der Waals surface area contributed by atoms with Crippen LogP contribution in [0.5, 0.6) is 11.5 Å². The fraction of sp³-hybridized carbons (Fsp3) is 0.133. The number of amides is 1. The molecule has 2 rings (SSSR count). The summed E-state index contributed by atoms with van der Waals surface area (Å²) in [6.45, 7) is 0. The summed E-state index contributed by atoms with van der Waals surface area (Å²) in [7, 11) is 1.46. The molecule has 0 spiro atoms. The molecule has 0 fully saturated rings. The van der Waals surface area contributed by atoms with Crippen LogP contribution in [0.25, 0.3) is 0 Å². The van der Waals surface area contributed by atoms with E-state index >= 15 is 0 Å². The van der Waals surface area contributed by atoms with Gasteiger partial charge in [0.15, 0.2) is 11.5 Å². The van der Waals surface area contributed by atoms with Crippen LogP contribution in [-0.2, 0) is 4.79 Å². The van der Waals surface area contributed by atoms with Crippen molar-refractivity contribution in [1.82, 2.24) is 10.4 Å². The zero-order valence-corrected chi connectivity index (χ0v) is 14.6. The highest BCUT2D eigenvalue weighted by atomic mass is 79.9. The van der Waals surface area contributed by atoms with Crippen LogP contribution in [0.2, 0.25) is 0 Å². The Hall–Kier alpha value is -2.06. The van der Waals surface area contributed by atoms with Crippen molar-refractivity contribution >= 4 is 39.8 Å². The van der Waals surface area contributed by atoms with Crippen molar-refractivity contribution in [2.45, 2.75) is 5.03 Å². The fourth-order valence-corrected chi connectivity index (χ4v) is 2.72. The highest BCUT2D eigenvalue weighted by Gasteiger charge is 2.07. The third-order valence-corrected chi connectivity index (χ3v) is 4.21. The minimum Gasteiger partial charge on any atom is -0.503 e. The van der Waals surface area contributed by atoms with Crippen molar-refractivity contribution in [3.63, 3.8) is 0 Å². The third kappa shape index (κ3) is 5.26. The molecule has 23 heavy (non-hydrogen) atoms. The standard InChI is InChI=1S/C15H14BrN3O3S/c1-22-12-7-10(6-11(16)15(12)21)8-18-19-13(20)9-23-14-4-2-3-5-17-14/h2-8,21H,9H2,1H3,(H,19,20)/b18-8+. The smallest absolute Gasteiger partial charge is 0.250 e. The second-order valence-corrected chi connectivity index (χ2v) is 6.15. The molecule has 120 valence electrons. The Morgan fingerprint density at radius 2 is 2.35 bits per heavy atom. The maximum absolute atomic E-state index is 11.7. The quantitative estimate of drug-likeness (QED) is 0.446. The largest absolute Gasteiger partial charge is 0.503 e. The minimum atomic E-state index is -0.235. The van der Waals surface area contributed by atoms with E-state index in [4.69, 9.17) is 4.74 Å². The monoisotopic (exact) mass is 395 g/mol. The zero-order valence-electron chi connectivity index (χ0n) is 12.2. The van der Waals surface area contributed by atoms with Crippen molar-refractivity contribution < 1.29 is 14.6 Å². The summed E-state index contributed by atoms with van der Waals surface area (Å²) >= 11 is 4.55. The summed E-state index contributed by atoms with van der Waals surface area (Å²) < 4.78 is 5.52. The van der Waals surface area contributed by atoms with Crippen molar-refractivity contribution in [2.24, 2.45) is 5.10 Å². The predicted molar refractivity (Wildman–Crippen MR) is 93.1 cm³/mol. The average molecular weight is 396 g/mol. The first-order valence-corrected chi connectivity index (χ1v) is 8.30. The van der Waals surface area contributed by atoms with Crippen LogP contribution in [0.4, 0.5) is 0 Å². The number of benzene rings is 1. The number of halogens is 1. The number of ether oxygens (including phenoxy) is 1. The molecule has 0 bridgehead atoms. The number of phenols is 1. The first-order chi connectivity index (χ1) is 11.1. The lowest BCUT2D eigenvalue weighted by molar-refractivity contribution is -0.118. The maximum atomic E-state index is 11.7. The number of nitrogens with zero attached hydrogens (tertiary/aromatic N) is 2. The summed E-state index contributed by atoms with van der Waals surface area (Å²) in [6.07, 6.45) is 3.14. The number of pyridine rings is 1. The molecule has 1 aromatic carbocycles. The predicted octanol–water partition coefficient (Wildman–Crippen LogP) is 2.80. The number of hydrazone groups is 1. The van der Waals surface area contributed by atoms with Gasteiger partial charge in [-0.25, -0.2) is 10.4 Å². The number of hydrogen-bond donors (Lipinski definition) is 2. The van der Waals surface area contributed by atoms with Crippen LogP contribution < -0.4 is 10.2 Å².